The smallest absolute Gasteiger partial charge is 0.306 e. The summed E-state index contributed by atoms with van der Waals surface area (Å²) in [5.74, 6) is -1.11. The highest BCUT2D eigenvalue weighted by atomic mass is 16.4. The Hall–Kier alpha value is -1.13. The summed E-state index contributed by atoms with van der Waals surface area (Å²) in [6, 6.07) is 0. The van der Waals surface area contributed by atoms with Crippen LogP contribution >= 0.6 is 0 Å². The highest BCUT2D eigenvalue weighted by Gasteiger charge is 2.31. The van der Waals surface area contributed by atoms with E-state index in [0.29, 0.717) is 12.8 Å². The predicted molar refractivity (Wildman–Crippen MR) is 80.5 cm³/mol. The standard InChI is InChI=1S/C16H28O4/c1-12(2)7-5-8-13(3)9-6-10-16(4,20)14(17)11-15(18)19/h7,9,14,17,20H,5-6,8,10-11H2,1-4H3,(H,18,19). The van der Waals surface area contributed by atoms with Crippen molar-refractivity contribution in [2.75, 3.05) is 0 Å². The molecule has 0 aromatic heterocycles. The molecule has 2 atom stereocenters. The molecule has 0 heterocycles. The molecule has 0 saturated carbocycles. The Balaban J connectivity index is 4.19. The summed E-state index contributed by atoms with van der Waals surface area (Å²) in [5, 5.41) is 28.3. The number of aliphatic hydroxyl groups is 2. The molecule has 2 unspecified atom stereocenters. The van der Waals surface area contributed by atoms with Gasteiger partial charge in [0.15, 0.2) is 0 Å². The molecule has 0 aromatic rings. The minimum Gasteiger partial charge on any atom is -0.481 e. The van der Waals surface area contributed by atoms with Crippen LogP contribution in [0.25, 0.3) is 0 Å². The molecule has 116 valence electrons. The van der Waals surface area contributed by atoms with Gasteiger partial charge in [0.1, 0.15) is 0 Å². The van der Waals surface area contributed by atoms with Crippen LogP contribution in [0.1, 0.15) is 59.8 Å². The van der Waals surface area contributed by atoms with E-state index in [0.717, 1.165) is 12.8 Å². The lowest BCUT2D eigenvalue weighted by Crippen LogP contribution is -2.40. The zero-order chi connectivity index (χ0) is 15.8. The summed E-state index contributed by atoms with van der Waals surface area (Å²) in [6.07, 6.45) is 5.51. The molecule has 0 spiro atoms. The van der Waals surface area contributed by atoms with Crippen molar-refractivity contribution >= 4 is 5.97 Å². The normalized spacial score (nSPS) is 16.4. The predicted octanol–water partition coefficient (Wildman–Crippen LogP) is 3.05. The highest BCUT2D eigenvalue weighted by Crippen LogP contribution is 2.21. The van der Waals surface area contributed by atoms with Gasteiger partial charge in [-0.3, -0.25) is 4.79 Å². The van der Waals surface area contributed by atoms with E-state index in [9.17, 15) is 15.0 Å². The summed E-state index contributed by atoms with van der Waals surface area (Å²) < 4.78 is 0. The SMILES string of the molecule is CC(C)=CCCC(C)=CCCC(C)(O)C(O)CC(=O)O. The summed E-state index contributed by atoms with van der Waals surface area (Å²) in [7, 11) is 0. The Labute approximate surface area is 121 Å². The number of allylic oxidation sites excluding steroid dienone is 4. The van der Waals surface area contributed by atoms with E-state index < -0.39 is 24.1 Å². The molecule has 4 nitrogen and oxygen atoms in total. The van der Waals surface area contributed by atoms with E-state index in [1.54, 1.807) is 0 Å². The van der Waals surface area contributed by atoms with Crippen molar-refractivity contribution in [1.82, 2.24) is 0 Å². The number of carboxylic acids is 1. The van der Waals surface area contributed by atoms with Crippen molar-refractivity contribution in [3.05, 3.63) is 23.3 Å². The molecule has 20 heavy (non-hydrogen) atoms. The van der Waals surface area contributed by atoms with Gasteiger partial charge in [0.25, 0.3) is 0 Å². The van der Waals surface area contributed by atoms with Gasteiger partial charge in [-0.15, -0.1) is 0 Å². The first kappa shape index (κ1) is 18.9. The fraction of sp³-hybridized carbons (Fsp3) is 0.688. The van der Waals surface area contributed by atoms with Gasteiger partial charge in [0, 0.05) is 0 Å². The second-order valence-corrected chi connectivity index (χ2v) is 5.88. The summed E-state index contributed by atoms with van der Waals surface area (Å²) in [6.45, 7) is 7.66. The largest absolute Gasteiger partial charge is 0.481 e. The summed E-state index contributed by atoms with van der Waals surface area (Å²) >= 11 is 0. The van der Waals surface area contributed by atoms with Crippen LogP contribution in [0.4, 0.5) is 0 Å². The van der Waals surface area contributed by atoms with Crippen LogP contribution in [0.3, 0.4) is 0 Å². The summed E-state index contributed by atoms with van der Waals surface area (Å²) in [4.78, 5) is 10.5. The minimum absolute atomic E-state index is 0.349. The van der Waals surface area contributed by atoms with Gasteiger partial charge in [-0.25, -0.2) is 0 Å². The van der Waals surface area contributed by atoms with Crippen LogP contribution < -0.4 is 0 Å². The summed E-state index contributed by atoms with van der Waals surface area (Å²) in [5.41, 5.74) is 1.18. The molecular formula is C16H28O4. The zero-order valence-electron chi connectivity index (χ0n) is 13.0. The third kappa shape index (κ3) is 8.88. The second kappa shape index (κ2) is 8.93. The van der Waals surface area contributed by atoms with Gasteiger partial charge in [0.2, 0.25) is 0 Å². The number of carbonyl (C=O) groups is 1. The third-order valence-corrected chi connectivity index (χ3v) is 3.32. The monoisotopic (exact) mass is 284 g/mol. The fourth-order valence-electron chi connectivity index (χ4n) is 1.85. The number of rotatable bonds is 9. The average molecular weight is 284 g/mol. The number of hydrogen-bond donors (Lipinski definition) is 3. The number of hydrogen-bond acceptors (Lipinski definition) is 3. The van der Waals surface area contributed by atoms with Gasteiger partial charge in [-0.2, -0.15) is 0 Å². The topological polar surface area (TPSA) is 77.8 Å². The van der Waals surface area contributed by atoms with E-state index in [2.05, 4.69) is 19.9 Å². The van der Waals surface area contributed by atoms with E-state index in [1.165, 1.54) is 18.1 Å². The Kier molecular flexibility index (Phi) is 8.42. The maximum atomic E-state index is 10.5. The van der Waals surface area contributed by atoms with Crippen molar-refractivity contribution in [2.45, 2.75) is 71.5 Å². The number of carboxylic acid groups (broad SMARTS) is 1. The van der Waals surface area contributed by atoms with Crippen molar-refractivity contribution in [1.29, 1.82) is 0 Å². The molecule has 0 bridgehead atoms. The molecule has 0 fully saturated rings. The lowest BCUT2D eigenvalue weighted by molar-refractivity contribution is -0.145. The van der Waals surface area contributed by atoms with Gasteiger partial charge >= 0.3 is 5.97 Å². The van der Waals surface area contributed by atoms with Crippen molar-refractivity contribution in [3.63, 3.8) is 0 Å². The molecule has 0 aliphatic heterocycles. The number of aliphatic hydroxyl groups excluding tert-OH is 1. The molecular weight excluding hydrogens is 256 g/mol. The van der Waals surface area contributed by atoms with Crippen molar-refractivity contribution in [2.24, 2.45) is 0 Å². The van der Waals surface area contributed by atoms with E-state index in [-0.39, 0.29) is 0 Å². The molecule has 0 rings (SSSR count). The van der Waals surface area contributed by atoms with Crippen LogP contribution in [0.15, 0.2) is 23.3 Å². The maximum Gasteiger partial charge on any atom is 0.306 e. The fourth-order valence-corrected chi connectivity index (χ4v) is 1.85. The quantitative estimate of drug-likeness (QED) is 0.569. The first-order valence-electron chi connectivity index (χ1n) is 7.06. The molecule has 4 heteroatoms. The molecule has 3 N–H and O–H groups in total. The third-order valence-electron chi connectivity index (χ3n) is 3.32. The lowest BCUT2D eigenvalue weighted by atomic mass is 9.91. The first-order valence-corrected chi connectivity index (χ1v) is 7.06. The average Bonchev–Trinajstić information content (AvgIpc) is 2.27. The van der Waals surface area contributed by atoms with Crippen molar-refractivity contribution < 1.29 is 20.1 Å². The first-order chi connectivity index (χ1) is 9.15. The second-order valence-electron chi connectivity index (χ2n) is 5.88. The maximum absolute atomic E-state index is 10.5. The Morgan fingerprint density at radius 1 is 1.20 bits per heavy atom. The van der Waals surface area contributed by atoms with Gasteiger partial charge in [-0.05, 0) is 53.4 Å². The molecule has 0 aromatic carbocycles. The van der Waals surface area contributed by atoms with Crippen LogP contribution in [0, 0.1) is 0 Å². The van der Waals surface area contributed by atoms with E-state index >= 15 is 0 Å². The van der Waals surface area contributed by atoms with Gasteiger partial charge in [0.05, 0.1) is 18.1 Å². The molecule has 0 radical (unpaired) electrons. The number of aliphatic carboxylic acids is 1. The Morgan fingerprint density at radius 3 is 2.30 bits per heavy atom. The van der Waals surface area contributed by atoms with Crippen LogP contribution in [-0.4, -0.2) is 33.0 Å². The Bertz CT molecular complexity index is 363. The molecule has 0 aliphatic carbocycles. The molecule has 0 saturated heterocycles. The Morgan fingerprint density at radius 2 is 1.80 bits per heavy atom. The van der Waals surface area contributed by atoms with Crippen LogP contribution in [0.5, 0.6) is 0 Å². The molecule has 0 aliphatic rings. The van der Waals surface area contributed by atoms with Crippen molar-refractivity contribution in [3.8, 4) is 0 Å². The van der Waals surface area contributed by atoms with Gasteiger partial charge in [-0.1, -0.05) is 23.3 Å². The van der Waals surface area contributed by atoms with E-state index in [4.69, 9.17) is 5.11 Å². The minimum atomic E-state index is -1.37. The van der Waals surface area contributed by atoms with E-state index in [1.807, 2.05) is 13.0 Å². The van der Waals surface area contributed by atoms with Crippen LogP contribution in [-0.2, 0) is 4.79 Å². The van der Waals surface area contributed by atoms with Crippen LogP contribution in [0.2, 0.25) is 0 Å². The highest BCUT2D eigenvalue weighted by molar-refractivity contribution is 5.67. The lowest BCUT2D eigenvalue weighted by Gasteiger charge is -2.27. The van der Waals surface area contributed by atoms with Gasteiger partial charge < -0.3 is 15.3 Å². The zero-order valence-corrected chi connectivity index (χ0v) is 13.0. The molecule has 0 amide bonds.